The van der Waals surface area contributed by atoms with Crippen LogP contribution in [0.15, 0.2) is 18.2 Å². The summed E-state index contributed by atoms with van der Waals surface area (Å²) >= 11 is 0. The van der Waals surface area contributed by atoms with Gasteiger partial charge in [-0.1, -0.05) is 19.3 Å². The second kappa shape index (κ2) is 5.96. The number of nitrogens with two attached hydrogens (primary N) is 1. The minimum Gasteiger partial charge on any atom is -0.465 e. The molecule has 1 saturated carbocycles. The van der Waals surface area contributed by atoms with E-state index < -0.39 is 0 Å². The summed E-state index contributed by atoms with van der Waals surface area (Å²) in [5, 5.41) is 0. The molecule has 4 heteroatoms. The molecule has 0 radical (unpaired) electrons. The van der Waals surface area contributed by atoms with Gasteiger partial charge in [-0.2, -0.15) is 0 Å². The number of ether oxygens (including phenoxy) is 1. The number of esters is 1. The normalized spacial score (nSPS) is 25.3. The molecule has 1 aromatic carbocycles. The molecule has 2 N–H and O–H groups in total. The summed E-state index contributed by atoms with van der Waals surface area (Å²) in [6, 6.07) is 5.50. The first-order chi connectivity index (χ1) is 10.2. The first-order valence-electron chi connectivity index (χ1n) is 7.92. The number of fused-ring (bicyclic) bond motifs is 1. The predicted molar refractivity (Wildman–Crippen MR) is 84.5 cm³/mol. The van der Waals surface area contributed by atoms with Crippen molar-refractivity contribution in [2.75, 3.05) is 30.8 Å². The van der Waals surface area contributed by atoms with Gasteiger partial charge in [-0.05, 0) is 42.9 Å². The maximum Gasteiger partial charge on any atom is 0.337 e. The van der Waals surface area contributed by atoms with Crippen LogP contribution in [0.2, 0.25) is 0 Å². The van der Waals surface area contributed by atoms with Crippen molar-refractivity contribution < 1.29 is 9.53 Å². The van der Waals surface area contributed by atoms with Crippen LogP contribution in [0, 0.1) is 11.8 Å². The average molecular weight is 288 g/mol. The second-order valence-electron chi connectivity index (χ2n) is 6.30. The molecule has 0 bridgehead atoms. The van der Waals surface area contributed by atoms with Crippen molar-refractivity contribution in [1.29, 1.82) is 0 Å². The summed E-state index contributed by atoms with van der Waals surface area (Å²) in [6.07, 6.45) is 6.78. The first kappa shape index (κ1) is 14.2. The molecule has 4 nitrogen and oxygen atoms in total. The summed E-state index contributed by atoms with van der Waals surface area (Å²) in [5.41, 5.74) is 8.42. The van der Waals surface area contributed by atoms with Gasteiger partial charge in [-0.15, -0.1) is 0 Å². The highest BCUT2D eigenvalue weighted by atomic mass is 16.5. The summed E-state index contributed by atoms with van der Waals surface area (Å²) in [6.45, 7) is 2.18. The smallest absolute Gasteiger partial charge is 0.337 e. The molecule has 0 aromatic heterocycles. The Hall–Kier alpha value is -1.71. The molecule has 2 fully saturated rings. The monoisotopic (exact) mass is 288 g/mol. The zero-order valence-electron chi connectivity index (χ0n) is 12.7. The van der Waals surface area contributed by atoms with E-state index >= 15 is 0 Å². The van der Waals surface area contributed by atoms with Crippen LogP contribution in [-0.4, -0.2) is 26.2 Å². The lowest BCUT2D eigenvalue weighted by Crippen LogP contribution is -2.42. The number of nitrogens with zero attached hydrogens (tertiary/aromatic N) is 1. The highest BCUT2D eigenvalue weighted by Crippen LogP contribution is 2.38. The Balaban J connectivity index is 1.76. The van der Waals surface area contributed by atoms with Crippen LogP contribution in [0.5, 0.6) is 0 Å². The molecule has 1 aromatic rings. The van der Waals surface area contributed by atoms with Crippen LogP contribution in [0.25, 0.3) is 0 Å². The summed E-state index contributed by atoms with van der Waals surface area (Å²) in [4.78, 5) is 13.9. The molecule has 2 aliphatic rings. The molecule has 0 amide bonds. The number of carbonyl (C=O) groups excluding carboxylic acids is 1. The lowest BCUT2D eigenvalue weighted by Gasteiger charge is -2.42. The Labute approximate surface area is 126 Å². The van der Waals surface area contributed by atoms with Gasteiger partial charge in [0, 0.05) is 13.1 Å². The van der Waals surface area contributed by atoms with Crippen molar-refractivity contribution in [3.63, 3.8) is 0 Å². The third kappa shape index (κ3) is 2.85. The maximum absolute atomic E-state index is 11.5. The van der Waals surface area contributed by atoms with Gasteiger partial charge >= 0.3 is 5.97 Å². The van der Waals surface area contributed by atoms with Gasteiger partial charge in [-0.3, -0.25) is 0 Å². The fraction of sp³-hybridized carbons (Fsp3) is 0.588. The summed E-state index contributed by atoms with van der Waals surface area (Å²) in [7, 11) is 1.39. The van der Waals surface area contributed by atoms with Gasteiger partial charge in [0.1, 0.15) is 0 Å². The van der Waals surface area contributed by atoms with E-state index in [2.05, 4.69) is 4.90 Å². The number of carbonyl (C=O) groups is 1. The predicted octanol–water partition coefficient (Wildman–Crippen LogP) is 3.07. The van der Waals surface area contributed by atoms with Crippen LogP contribution in [0.3, 0.4) is 0 Å². The van der Waals surface area contributed by atoms with Crippen LogP contribution in [0.1, 0.15) is 42.5 Å². The molecule has 1 aliphatic carbocycles. The first-order valence-corrected chi connectivity index (χ1v) is 7.92. The molecule has 2 atom stereocenters. The number of nitrogen functional groups attached to an aromatic ring is 1. The average Bonchev–Trinajstić information content (AvgIpc) is 2.53. The number of piperidine rings is 1. The van der Waals surface area contributed by atoms with Crippen molar-refractivity contribution in [2.45, 2.75) is 32.1 Å². The van der Waals surface area contributed by atoms with E-state index in [0.717, 1.165) is 30.6 Å². The molecule has 1 saturated heterocycles. The molecule has 1 heterocycles. The largest absolute Gasteiger partial charge is 0.465 e. The van der Waals surface area contributed by atoms with Gasteiger partial charge in [0.2, 0.25) is 0 Å². The highest BCUT2D eigenvalue weighted by Gasteiger charge is 2.31. The molecule has 0 spiro atoms. The number of anilines is 2. The topological polar surface area (TPSA) is 55.6 Å². The number of benzene rings is 1. The number of rotatable bonds is 2. The van der Waals surface area contributed by atoms with Gasteiger partial charge in [0.25, 0.3) is 0 Å². The van der Waals surface area contributed by atoms with Crippen LogP contribution >= 0.6 is 0 Å². The van der Waals surface area contributed by atoms with Crippen LogP contribution in [-0.2, 0) is 4.74 Å². The molecule has 1 aliphatic heterocycles. The Morgan fingerprint density at radius 3 is 2.71 bits per heavy atom. The van der Waals surface area contributed by atoms with E-state index in [9.17, 15) is 4.79 Å². The second-order valence-corrected chi connectivity index (χ2v) is 6.30. The molecular weight excluding hydrogens is 264 g/mol. The fourth-order valence-corrected chi connectivity index (χ4v) is 3.91. The lowest BCUT2D eigenvalue weighted by atomic mass is 9.75. The number of methoxy groups -OCH3 is 1. The lowest BCUT2D eigenvalue weighted by molar-refractivity contribution is 0.0601. The van der Waals surface area contributed by atoms with Crippen molar-refractivity contribution in [3.05, 3.63) is 23.8 Å². The Morgan fingerprint density at radius 2 is 2.00 bits per heavy atom. The van der Waals surface area contributed by atoms with Crippen molar-refractivity contribution in [1.82, 2.24) is 0 Å². The Morgan fingerprint density at radius 1 is 1.24 bits per heavy atom. The van der Waals surface area contributed by atoms with E-state index in [1.807, 2.05) is 12.1 Å². The van der Waals surface area contributed by atoms with Crippen molar-refractivity contribution in [2.24, 2.45) is 11.8 Å². The number of hydrogen-bond donors (Lipinski definition) is 1. The molecule has 114 valence electrons. The molecule has 2 unspecified atom stereocenters. The maximum atomic E-state index is 11.5. The SMILES string of the molecule is COC(=O)c1ccc(N2CCC3CCCCC3C2)c(N)c1. The summed E-state index contributed by atoms with van der Waals surface area (Å²) < 4.78 is 4.74. The van der Waals surface area contributed by atoms with E-state index in [1.54, 1.807) is 6.07 Å². The summed E-state index contributed by atoms with van der Waals surface area (Å²) in [5.74, 6) is 1.39. The standard InChI is InChI=1S/C17H24N2O2/c1-21-17(20)13-6-7-16(15(18)10-13)19-9-8-12-4-2-3-5-14(12)11-19/h6-7,10,12,14H,2-5,8-9,11,18H2,1H3. The minimum absolute atomic E-state index is 0.334. The highest BCUT2D eigenvalue weighted by molar-refractivity contribution is 5.92. The zero-order chi connectivity index (χ0) is 14.8. The van der Waals surface area contributed by atoms with Crippen molar-refractivity contribution >= 4 is 17.3 Å². The van der Waals surface area contributed by atoms with E-state index in [-0.39, 0.29) is 5.97 Å². The van der Waals surface area contributed by atoms with Crippen LogP contribution in [0.4, 0.5) is 11.4 Å². The zero-order valence-corrected chi connectivity index (χ0v) is 12.7. The van der Waals surface area contributed by atoms with Crippen molar-refractivity contribution in [3.8, 4) is 0 Å². The molecular formula is C17H24N2O2. The van der Waals surface area contributed by atoms with Crippen LogP contribution < -0.4 is 10.6 Å². The van der Waals surface area contributed by atoms with E-state index in [0.29, 0.717) is 11.3 Å². The van der Waals surface area contributed by atoms with Gasteiger partial charge < -0.3 is 15.4 Å². The quantitative estimate of drug-likeness (QED) is 0.671. The van der Waals surface area contributed by atoms with Gasteiger partial charge in [0.05, 0.1) is 24.0 Å². The van der Waals surface area contributed by atoms with Gasteiger partial charge in [0.15, 0.2) is 0 Å². The van der Waals surface area contributed by atoms with E-state index in [4.69, 9.17) is 10.5 Å². The number of hydrogen-bond acceptors (Lipinski definition) is 4. The van der Waals surface area contributed by atoms with E-state index in [1.165, 1.54) is 39.2 Å². The molecule has 21 heavy (non-hydrogen) atoms. The Kier molecular flexibility index (Phi) is 4.04. The van der Waals surface area contributed by atoms with Gasteiger partial charge in [-0.25, -0.2) is 4.79 Å². The third-order valence-electron chi connectivity index (χ3n) is 5.08. The minimum atomic E-state index is -0.334. The fourth-order valence-electron chi connectivity index (χ4n) is 3.91. The molecule has 3 rings (SSSR count). The Bertz CT molecular complexity index is 530. The third-order valence-corrected chi connectivity index (χ3v) is 5.08.